The van der Waals surface area contributed by atoms with Gasteiger partial charge in [-0.25, -0.2) is 8.42 Å². The number of halogens is 1. The Morgan fingerprint density at radius 2 is 1.86 bits per heavy atom. The largest absolute Gasteiger partial charge is 0.496 e. The summed E-state index contributed by atoms with van der Waals surface area (Å²) in [5, 5.41) is 8.54. The van der Waals surface area contributed by atoms with Crippen molar-refractivity contribution in [2.45, 2.75) is 4.90 Å². The Kier molecular flexibility index (Phi) is 4.70. The monoisotopic (exact) mass is 413 g/mol. The molecule has 0 saturated heterocycles. The fourth-order valence-electron chi connectivity index (χ4n) is 2.98. The third-order valence-corrected chi connectivity index (χ3v) is 5.90. The molecular weight excluding hydrogens is 398 g/mol. The first-order valence-corrected chi connectivity index (χ1v) is 10.2. The number of sulfonamides is 1. The molecule has 4 aromatic rings. The maximum Gasteiger partial charge on any atom is 0.261 e. The number of nitrogens with zero attached hydrogens (tertiary/aromatic N) is 1. The van der Waals surface area contributed by atoms with Crippen LogP contribution in [0.3, 0.4) is 0 Å². The molecule has 0 radical (unpaired) electrons. The second kappa shape index (κ2) is 7.18. The van der Waals surface area contributed by atoms with Gasteiger partial charge in [-0.05, 0) is 48.5 Å². The Morgan fingerprint density at radius 1 is 1.04 bits per heavy atom. The summed E-state index contributed by atoms with van der Waals surface area (Å²) < 4.78 is 33.2. The highest BCUT2D eigenvalue weighted by Gasteiger charge is 2.17. The molecule has 0 aliphatic carbocycles. The zero-order chi connectivity index (χ0) is 19.7. The number of benzene rings is 3. The molecule has 2 N–H and O–H groups in total. The molecule has 0 spiro atoms. The molecule has 28 heavy (non-hydrogen) atoms. The number of para-hydroxylation sites is 1. The number of anilines is 1. The number of ether oxygens (including phenoxy) is 1. The number of aromatic amines is 1. The summed E-state index contributed by atoms with van der Waals surface area (Å²) in [5.74, 6) is 0.710. The van der Waals surface area contributed by atoms with E-state index in [-0.39, 0.29) is 4.90 Å². The fraction of sp³-hybridized carbons (Fsp3) is 0.0500. The van der Waals surface area contributed by atoms with Gasteiger partial charge in [0.2, 0.25) is 0 Å². The van der Waals surface area contributed by atoms with E-state index in [1.54, 1.807) is 31.4 Å². The van der Waals surface area contributed by atoms with Crippen LogP contribution in [0.4, 0.5) is 5.69 Å². The average Bonchev–Trinajstić information content (AvgIpc) is 3.10. The smallest absolute Gasteiger partial charge is 0.261 e. The van der Waals surface area contributed by atoms with Crippen molar-refractivity contribution in [1.29, 1.82) is 0 Å². The van der Waals surface area contributed by atoms with Crippen molar-refractivity contribution in [3.05, 3.63) is 71.8 Å². The number of fused-ring (bicyclic) bond motifs is 1. The van der Waals surface area contributed by atoms with Crippen LogP contribution in [0.1, 0.15) is 0 Å². The number of hydrogen-bond acceptors (Lipinski definition) is 4. The van der Waals surface area contributed by atoms with Crippen LogP contribution < -0.4 is 9.46 Å². The van der Waals surface area contributed by atoms with Gasteiger partial charge in [-0.15, -0.1) is 0 Å². The molecule has 142 valence electrons. The highest BCUT2D eigenvalue weighted by Crippen LogP contribution is 2.34. The van der Waals surface area contributed by atoms with E-state index >= 15 is 0 Å². The molecule has 0 amide bonds. The lowest BCUT2D eigenvalue weighted by atomic mass is 10.1. The molecule has 4 rings (SSSR count). The first kappa shape index (κ1) is 18.3. The van der Waals surface area contributed by atoms with Crippen LogP contribution in [0.25, 0.3) is 22.2 Å². The van der Waals surface area contributed by atoms with Gasteiger partial charge in [0.25, 0.3) is 10.0 Å². The molecule has 0 bridgehead atoms. The van der Waals surface area contributed by atoms with Crippen molar-refractivity contribution in [3.63, 3.8) is 0 Å². The summed E-state index contributed by atoms with van der Waals surface area (Å²) in [6, 6.07) is 18.9. The van der Waals surface area contributed by atoms with E-state index in [1.165, 1.54) is 12.1 Å². The van der Waals surface area contributed by atoms with Crippen molar-refractivity contribution in [2.75, 3.05) is 11.8 Å². The summed E-state index contributed by atoms with van der Waals surface area (Å²) in [6.45, 7) is 0. The van der Waals surface area contributed by atoms with Crippen LogP contribution in [0, 0.1) is 0 Å². The summed E-state index contributed by atoms with van der Waals surface area (Å²) in [5.41, 5.74) is 2.70. The van der Waals surface area contributed by atoms with Gasteiger partial charge in [0.15, 0.2) is 0 Å². The normalized spacial score (nSPS) is 11.5. The molecule has 1 aromatic heterocycles. The minimum Gasteiger partial charge on any atom is -0.496 e. The lowest BCUT2D eigenvalue weighted by Gasteiger charge is -2.09. The number of rotatable bonds is 5. The number of nitrogens with one attached hydrogen (secondary N) is 2. The summed E-state index contributed by atoms with van der Waals surface area (Å²) in [6.07, 6.45) is 0. The van der Waals surface area contributed by atoms with E-state index in [9.17, 15) is 8.42 Å². The minimum absolute atomic E-state index is 0.0967. The van der Waals surface area contributed by atoms with E-state index in [0.717, 1.165) is 16.6 Å². The maximum absolute atomic E-state index is 12.6. The zero-order valence-electron chi connectivity index (χ0n) is 14.8. The van der Waals surface area contributed by atoms with Gasteiger partial charge < -0.3 is 4.74 Å². The predicted molar refractivity (Wildman–Crippen MR) is 110 cm³/mol. The number of hydrogen-bond donors (Lipinski definition) is 2. The Labute approximate surface area is 167 Å². The molecule has 0 aliphatic heterocycles. The molecule has 0 unspecified atom stereocenters. The van der Waals surface area contributed by atoms with Crippen LogP contribution in [0.2, 0.25) is 5.02 Å². The van der Waals surface area contributed by atoms with Gasteiger partial charge in [-0.3, -0.25) is 9.82 Å². The molecule has 0 fully saturated rings. The summed E-state index contributed by atoms with van der Waals surface area (Å²) >= 11 is 5.90. The topological polar surface area (TPSA) is 84.1 Å². The Hall–Kier alpha value is -3.03. The number of methoxy groups -OCH3 is 1. The van der Waals surface area contributed by atoms with E-state index in [4.69, 9.17) is 16.3 Å². The third-order valence-electron chi connectivity index (χ3n) is 4.28. The van der Waals surface area contributed by atoms with Gasteiger partial charge in [0.05, 0.1) is 23.2 Å². The van der Waals surface area contributed by atoms with Crippen LogP contribution in [0.5, 0.6) is 5.75 Å². The Morgan fingerprint density at radius 3 is 2.64 bits per heavy atom. The molecule has 0 aliphatic rings. The van der Waals surface area contributed by atoms with Gasteiger partial charge in [-0.1, -0.05) is 29.8 Å². The Balaban J connectivity index is 1.70. The SMILES string of the molecule is COc1ccccc1-c1n[nH]c2cc(NS(=O)(=O)c3cccc(Cl)c3)ccc12. The first-order chi connectivity index (χ1) is 13.5. The van der Waals surface area contributed by atoms with E-state index in [1.807, 2.05) is 30.3 Å². The van der Waals surface area contributed by atoms with Crippen LogP contribution >= 0.6 is 11.6 Å². The van der Waals surface area contributed by atoms with Crippen LogP contribution in [-0.4, -0.2) is 25.7 Å². The van der Waals surface area contributed by atoms with Crippen LogP contribution in [0.15, 0.2) is 71.6 Å². The quantitative estimate of drug-likeness (QED) is 0.497. The van der Waals surface area contributed by atoms with Crippen LogP contribution in [-0.2, 0) is 10.0 Å². The average molecular weight is 414 g/mol. The number of aromatic nitrogens is 2. The molecule has 8 heteroatoms. The van der Waals surface area contributed by atoms with E-state index in [2.05, 4.69) is 14.9 Å². The molecule has 0 atom stereocenters. The van der Waals surface area contributed by atoms with Gasteiger partial charge in [-0.2, -0.15) is 5.10 Å². The highest BCUT2D eigenvalue weighted by molar-refractivity contribution is 7.92. The molecule has 6 nitrogen and oxygen atoms in total. The van der Waals surface area contributed by atoms with E-state index in [0.29, 0.717) is 22.0 Å². The van der Waals surface area contributed by atoms with Gasteiger partial charge in [0, 0.05) is 16.0 Å². The third kappa shape index (κ3) is 3.42. The second-order valence-corrected chi connectivity index (χ2v) is 8.21. The van der Waals surface area contributed by atoms with Crippen molar-refractivity contribution >= 4 is 38.2 Å². The first-order valence-electron chi connectivity index (χ1n) is 8.38. The van der Waals surface area contributed by atoms with Gasteiger partial charge >= 0.3 is 0 Å². The van der Waals surface area contributed by atoms with E-state index < -0.39 is 10.0 Å². The fourth-order valence-corrected chi connectivity index (χ4v) is 4.33. The molecular formula is C20H16ClN3O3S. The van der Waals surface area contributed by atoms with Crippen molar-refractivity contribution in [3.8, 4) is 17.0 Å². The second-order valence-electron chi connectivity index (χ2n) is 6.10. The highest BCUT2D eigenvalue weighted by atomic mass is 35.5. The lowest BCUT2D eigenvalue weighted by Crippen LogP contribution is -2.12. The Bertz CT molecular complexity index is 1270. The minimum atomic E-state index is -3.75. The summed E-state index contributed by atoms with van der Waals surface area (Å²) in [7, 11) is -2.14. The molecule has 1 heterocycles. The number of H-pyrrole nitrogens is 1. The van der Waals surface area contributed by atoms with Crippen molar-refractivity contribution in [1.82, 2.24) is 10.2 Å². The van der Waals surface area contributed by atoms with Crippen molar-refractivity contribution < 1.29 is 13.2 Å². The zero-order valence-corrected chi connectivity index (χ0v) is 16.4. The molecule has 0 saturated carbocycles. The van der Waals surface area contributed by atoms with Gasteiger partial charge in [0.1, 0.15) is 11.4 Å². The standard InChI is InChI=1S/C20H16ClN3O3S/c1-27-19-8-3-2-7-17(19)20-16-10-9-14(12-18(16)22-23-20)24-28(25,26)15-6-4-5-13(21)11-15/h2-12,24H,1H3,(H,22,23). The van der Waals surface area contributed by atoms with Crippen molar-refractivity contribution in [2.24, 2.45) is 0 Å². The lowest BCUT2D eigenvalue weighted by molar-refractivity contribution is 0.416. The molecule has 3 aromatic carbocycles. The predicted octanol–water partition coefficient (Wildman–Crippen LogP) is 4.69. The summed E-state index contributed by atoms with van der Waals surface area (Å²) in [4.78, 5) is 0.0967. The maximum atomic E-state index is 12.6.